The van der Waals surface area contributed by atoms with Gasteiger partial charge in [-0.05, 0) is 103 Å². The van der Waals surface area contributed by atoms with Gasteiger partial charge in [0.25, 0.3) is 0 Å². The lowest BCUT2D eigenvalue weighted by molar-refractivity contribution is 0.660. The van der Waals surface area contributed by atoms with Crippen LogP contribution in [0.25, 0.3) is 44.5 Å². The molecule has 0 unspecified atom stereocenters. The van der Waals surface area contributed by atoms with E-state index in [9.17, 15) is 0 Å². The summed E-state index contributed by atoms with van der Waals surface area (Å²) in [5.74, 6) is 0. The first-order valence-corrected chi connectivity index (χ1v) is 20.7. The van der Waals surface area contributed by atoms with E-state index in [0.29, 0.717) is 0 Å². The number of fused-ring (bicyclic) bond motifs is 6. The van der Waals surface area contributed by atoms with E-state index in [1.54, 1.807) is 0 Å². The highest BCUT2D eigenvalue weighted by Crippen LogP contribution is 2.58. The molecule has 0 aromatic heterocycles. The van der Waals surface area contributed by atoms with Crippen molar-refractivity contribution in [3.8, 4) is 44.5 Å². The van der Waals surface area contributed by atoms with Crippen molar-refractivity contribution in [2.75, 3.05) is 4.90 Å². The molecule has 1 heteroatoms. The minimum atomic E-state index is -0.517. The molecule has 0 saturated heterocycles. The Bertz CT molecular complexity index is 2970. The predicted octanol–water partition coefficient (Wildman–Crippen LogP) is 15.2. The molecule has 2 aliphatic carbocycles. The summed E-state index contributed by atoms with van der Waals surface area (Å²) < 4.78 is 0. The van der Waals surface area contributed by atoms with Crippen LogP contribution in [0, 0.1) is 0 Å². The molecule has 280 valence electrons. The van der Waals surface area contributed by atoms with E-state index in [1.807, 2.05) is 0 Å². The van der Waals surface area contributed by atoms with Gasteiger partial charge in [-0.3, -0.25) is 0 Å². The van der Waals surface area contributed by atoms with Crippen molar-refractivity contribution in [2.24, 2.45) is 0 Å². The summed E-state index contributed by atoms with van der Waals surface area (Å²) >= 11 is 0. The molecule has 9 aromatic rings. The molecule has 0 saturated carbocycles. The third-order valence-corrected chi connectivity index (χ3v) is 13.0. The highest BCUT2D eigenvalue weighted by atomic mass is 15.1. The summed E-state index contributed by atoms with van der Waals surface area (Å²) in [5.41, 5.74) is 20.5. The average Bonchev–Trinajstić information content (AvgIpc) is 3.73. The molecule has 1 nitrogen and oxygen atoms in total. The van der Waals surface area contributed by atoms with Crippen molar-refractivity contribution in [1.29, 1.82) is 0 Å². The zero-order valence-electron chi connectivity index (χ0n) is 33.3. The fourth-order valence-electron chi connectivity index (χ4n) is 10.3. The van der Waals surface area contributed by atoms with Crippen LogP contribution in [0.4, 0.5) is 17.1 Å². The Hall–Kier alpha value is -7.22. The first-order chi connectivity index (χ1) is 29.0. The molecule has 0 aliphatic heterocycles. The fraction of sp³-hybridized carbons (Fsp3) is 0.0690. The van der Waals surface area contributed by atoms with Crippen LogP contribution in [0.2, 0.25) is 0 Å². The molecular formula is C58H43N. The number of anilines is 3. The van der Waals surface area contributed by atoms with Gasteiger partial charge in [0.15, 0.2) is 0 Å². The highest BCUT2D eigenvalue weighted by Gasteiger charge is 2.46. The third-order valence-electron chi connectivity index (χ3n) is 13.0. The maximum atomic E-state index is 2.51. The topological polar surface area (TPSA) is 3.24 Å². The Labute approximate surface area is 347 Å². The standard InChI is InChI=1S/C58H43N/c1-57(2)52-31-17-14-28-47(52)49-36-34-43(38-54(49)57)59(56-33-19-16-30-51(56)46-27-13-12-26-45(46)40-20-6-3-7-21-40)44-35-37-50-48-29-15-18-32-53(48)58(55(50)39-44,41-22-8-4-9-23-41)42-24-10-5-11-25-42/h3-39H,1-2H3. The van der Waals surface area contributed by atoms with E-state index in [0.717, 1.165) is 17.1 Å². The lowest BCUT2D eigenvalue weighted by atomic mass is 9.67. The largest absolute Gasteiger partial charge is 0.310 e. The molecule has 2 aliphatic rings. The molecule has 0 N–H and O–H groups in total. The Balaban J connectivity index is 1.20. The van der Waals surface area contributed by atoms with Crippen LogP contribution < -0.4 is 4.90 Å². The van der Waals surface area contributed by atoms with Gasteiger partial charge in [0, 0.05) is 22.4 Å². The number of para-hydroxylation sites is 1. The van der Waals surface area contributed by atoms with Crippen molar-refractivity contribution in [1.82, 2.24) is 0 Å². The van der Waals surface area contributed by atoms with Crippen LogP contribution in [0.5, 0.6) is 0 Å². The van der Waals surface area contributed by atoms with Gasteiger partial charge in [-0.1, -0.05) is 208 Å². The zero-order valence-corrected chi connectivity index (χ0v) is 33.3. The van der Waals surface area contributed by atoms with E-state index >= 15 is 0 Å². The molecule has 0 bridgehead atoms. The van der Waals surface area contributed by atoms with Crippen LogP contribution in [-0.4, -0.2) is 0 Å². The van der Waals surface area contributed by atoms with Crippen LogP contribution >= 0.6 is 0 Å². The molecule has 0 heterocycles. The molecule has 59 heavy (non-hydrogen) atoms. The van der Waals surface area contributed by atoms with Crippen LogP contribution in [0.3, 0.4) is 0 Å². The summed E-state index contributed by atoms with van der Waals surface area (Å²) in [4.78, 5) is 2.51. The summed E-state index contributed by atoms with van der Waals surface area (Å²) in [7, 11) is 0. The first kappa shape index (κ1) is 35.0. The Morgan fingerprint density at radius 2 is 0.729 bits per heavy atom. The number of hydrogen-bond donors (Lipinski definition) is 0. The van der Waals surface area contributed by atoms with Gasteiger partial charge in [-0.25, -0.2) is 0 Å². The maximum absolute atomic E-state index is 2.51. The summed E-state index contributed by atoms with van der Waals surface area (Å²) in [6.07, 6.45) is 0. The molecule has 0 atom stereocenters. The van der Waals surface area contributed by atoms with Crippen LogP contribution in [0.15, 0.2) is 224 Å². The first-order valence-electron chi connectivity index (χ1n) is 20.7. The Morgan fingerprint density at radius 1 is 0.305 bits per heavy atom. The SMILES string of the molecule is CC1(C)c2ccccc2-c2ccc(N(c3ccc4c(c3)C(c3ccccc3)(c3ccccc3)c3ccccc3-4)c3ccccc3-c3ccccc3-c3ccccc3)cc21. The van der Waals surface area contributed by atoms with Crippen molar-refractivity contribution in [2.45, 2.75) is 24.7 Å². The van der Waals surface area contributed by atoms with Gasteiger partial charge in [-0.15, -0.1) is 0 Å². The number of benzene rings is 9. The Kier molecular flexibility index (Phi) is 8.13. The second-order valence-corrected chi connectivity index (χ2v) is 16.4. The molecular weight excluding hydrogens is 711 g/mol. The highest BCUT2D eigenvalue weighted by molar-refractivity contribution is 5.96. The average molecular weight is 754 g/mol. The van der Waals surface area contributed by atoms with E-state index in [4.69, 9.17) is 0 Å². The molecule has 9 aromatic carbocycles. The Morgan fingerprint density at radius 3 is 1.36 bits per heavy atom. The second kappa shape index (κ2) is 13.7. The van der Waals surface area contributed by atoms with Crippen molar-refractivity contribution >= 4 is 17.1 Å². The van der Waals surface area contributed by atoms with Gasteiger partial charge >= 0.3 is 0 Å². The maximum Gasteiger partial charge on any atom is 0.0714 e. The normalized spacial score (nSPS) is 13.9. The van der Waals surface area contributed by atoms with Crippen molar-refractivity contribution in [3.05, 3.63) is 258 Å². The summed E-state index contributed by atoms with van der Waals surface area (Å²) in [6.45, 7) is 4.74. The molecule has 0 amide bonds. The summed E-state index contributed by atoms with van der Waals surface area (Å²) in [6, 6.07) is 83.0. The minimum Gasteiger partial charge on any atom is -0.310 e. The van der Waals surface area contributed by atoms with E-state index in [2.05, 4.69) is 243 Å². The third kappa shape index (κ3) is 5.31. The van der Waals surface area contributed by atoms with E-state index < -0.39 is 5.41 Å². The quantitative estimate of drug-likeness (QED) is 0.157. The van der Waals surface area contributed by atoms with Crippen LogP contribution in [0.1, 0.15) is 47.2 Å². The van der Waals surface area contributed by atoms with Crippen molar-refractivity contribution < 1.29 is 0 Å². The predicted molar refractivity (Wildman–Crippen MR) is 247 cm³/mol. The molecule has 0 fully saturated rings. The monoisotopic (exact) mass is 753 g/mol. The number of hydrogen-bond acceptors (Lipinski definition) is 1. The minimum absolute atomic E-state index is 0.150. The number of rotatable bonds is 7. The lowest BCUT2D eigenvalue weighted by Crippen LogP contribution is -2.28. The molecule has 0 radical (unpaired) electrons. The molecule has 0 spiro atoms. The smallest absolute Gasteiger partial charge is 0.0714 e. The van der Waals surface area contributed by atoms with Gasteiger partial charge in [-0.2, -0.15) is 0 Å². The number of nitrogens with zero attached hydrogens (tertiary/aromatic N) is 1. The molecule has 11 rings (SSSR count). The van der Waals surface area contributed by atoms with Gasteiger partial charge in [0.1, 0.15) is 0 Å². The van der Waals surface area contributed by atoms with Crippen molar-refractivity contribution in [3.63, 3.8) is 0 Å². The van der Waals surface area contributed by atoms with E-state index in [1.165, 1.54) is 77.9 Å². The van der Waals surface area contributed by atoms with E-state index in [-0.39, 0.29) is 5.41 Å². The van der Waals surface area contributed by atoms with Gasteiger partial charge in [0.05, 0.1) is 11.1 Å². The second-order valence-electron chi connectivity index (χ2n) is 16.4. The fourth-order valence-corrected chi connectivity index (χ4v) is 10.3. The van der Waals surface area contributed by atoms with Gasteiger partial charge < -0.3 is 4.90 Å². The summed E-state index contributed by atoms with van der Waals surface area (Å²) in [5, 5.41) is 0. The zero-order chi connectivity index (χ0) is 39.6. The van der Waals surface area contributed by atoms with Gasteiger partial charge in [0.2, 0.25) is 0 Å². The lowest BCUT2D eigenvalue weighted by Gasteiger charge is -2.35. The van der Waals surface area contributed by atoms with Crippen LogP contribution in [-0.2, 0) is 10.8 Å².